The van der Waals surface area contributed by atoms with Gasteiger partial charge in [-0.05, 0) is 90.6 Å². The zero-order valence-corrected chi connectivity index (χ0v) is 41.7. The number of nitrogens with zero attached hydrogens (tertiary/aromatic N) is 9. The molecule has 20 nitrogen and oxygen atoms in total. The number of aliphatic hydroxyl groups is 1. The number of ether oxygens (including phenoxy) is 6. The minimum Gasteiger partial charge on any atom is -0.443 e. The average Bonchev–Trinajstić information content (AvgIpc) is 4.01. The number of benzene rings is 1. The lowest BCUT2D eigenvalue weighted by Gasteiger charge is -2.37. The maximum absolute atomic E-state index is 14.8. The quantitative estimate of drug-likeness (QED) is 0.0495. The first-order chi connectivity index (χ1) is 31.3. The molecule has 362 valence electrons. The Balaban J connectivity index is 1.23. The van der Waals surface area contributed by atoms with Gasteiger partial charge in [0.1, 0.15) is 23.9 Å². The first-order valence-corrected chi connectivity index (χ1v) is 28.0. The Morgan fingerprint density at radius 3 is 2.39 bits per heavy atom. The van der Waals surface area contributed by atoms with E-state index in [9.17, 15) is 14.5 Å². The molecule has 66 heavy (non-hydrogen) atoms. The van der Waals surface area contributed by atoms with Crippen LogP contribution < -0.4 is 4.90 Å². The molecule has 0 radical (unpaired) electrons. The summed E-state index contributed by atoms with van der Waals surface area (Å²) in [5, 5.41) is 27.3. The van der Waals surface area contributed by atoms with Gasteiger partial charge in [0.2, 0.25) is 0 Å². The van der Waals surface area contributed by atoms with Gasteiger partial charge in [-0.25, -0.2) is 19.4 Å². The highest BCUT2D eigenvalue weighted by Gasteiger charge is 2.59. The van der Waals surface area contributed by atoms with Gasteiger partial charge >= 0.3 is 13.7 Å². The Kier molecular flexibility index (Phi) is 15.3. The highest BCUT2D eigenvalue weighted by atomic mass is 31.2. The number of hydrogen-bond acceptors (Lipinski definition) is 17. The van der Waals surface area contributed by atoms with E-state index in [1.807, 2.05) is 57.2 Å². The number of carbonyl (C=O) groups excluding carboxylic acids is 1. The molecule has 1 aromatic carbocycles. The van der Waals surface area contributed by atoms with Crippen LogP contribution in [0.3, 0.4) is 0 Å². The fraction of sp³-hybridized carbons (Fsp3) is 0.659. The molecule has 5 heterocycles. The number of tetrazole rings is 1. The molecule has 2 saturated heterocycles. The number of rotatable bonds is 21. The molecule has 3 fully saturated rings. The molecule has 5 atom stereocenters. The molecule has 1 N–H and O–H groups in total. The molecule has 1 aliphatic carbocycles. The van der Waals surface area contributed by atoms with Crippen molar-refractivity contribution in [2.45, 2.75) is 154 Å². The average molecular weight is 956 g/mol. The van der Waals surface area contributed by atoms with Gasteiger partial charge in [0.05, 0.1) is 44.4 Å². The van der Waals surface area contributed by atoms with E-state index < -0.39 is 69.6 Å². The van der Waals surface area contributed by atoms with Gasteiger partial charge in [-0.1, -0.05) is 56.0 Å². The van der Waals surface area contributed by atoms with Crippen LogP contribution in [0.4, 0.5) is 10.6 Å². The van der Waals surface area contributed by atoms with Gasteiger partial charge in [0.15, 0.2) is 47.2 Å². The van der Waals surface area contributed by atoms with Crippen molar-refractivity contribution in [1.29, 1.82) is 0 Å². The van der Waals surface area contributed by atoms with Gasteiger partial charge in [0.25, 0.3) is 0 Å². The second kappa shape index (κ2) is 20.3. The maximum Gasteiger partial charge on any atom is 0.416 e. The van der Waals surface area contributed by atoms with Crippen molar-refractivity contribution in [3.8, 4) is 0 Å². The van der Waals surface area contributed by atoms with Gasteiger partial charge in [-0.15, -0.1) is 15.0 Å². The Bertz CT molecular complexity index is 2340. The number of anilines is 1. The number of amides is 1. The predicted molar refractivity (Wildman–Crippen MR) is 247 cm³/mol. The Labute approximate surface area is 387 Å². The molecule has 3 aliphatic rings. The largest absolute Gasteiger partial charge is 0.443 e. The summed E-state index contributed by atoms with van der Waals surface area (Å²) in [6, 6.07) is 10.6. The van der Waals surface area contributed by atoms with Gasteiger partial charge in [0, 0.05) is 20.7 Å². The normalized spacial score (nSPS) is 22.2. The van der Waals surface area contributed by atoms with Crippen molar-refractivity contribution in [2.24, 2.45) is 0 Å². The SMILES string of the molecule is CCOP(=O)(OCC)C(CO)(Cc1nnn(COCC[Si](C)(C)C)n1)OC[C@H]1O[C@@H](n2ncc3c(N(C(=O)OC(C)(C)C)C4CCC4)nc(/C=C/c4ccccc4)nc32)[C@@H]2OC(C)(C)O[C@@H]21. The lowest BCUT2D eigenvalue weighted by atomic mass is 9.91. The summed E-state index contributed by atoms with van der Waals surface area (Å²) in [5.74, 6) is -0.247. The predicted octanol–water partition coefficient (Wildman–Crippen LogP) is 7.22. The summed E-state index contributed by atoms with van der Waals surface area (Å²) in [6.07, 6.45) is 3.71. The van der Waals surface area contributed by atoms with Gasteiger partial charge in [-0.2, -0.15) is 5.10 Å². The van der Waals surface area contributed by atoms with Gasteiger partial charge < -0.3 is 42.6 Å². The molecule has 22 heteroatoms. The molecule has 2 aliphatic heterocycles. The molecular formula is C44H66N9O11PSi. The van der Waals surface area contributed by atoms with Crippen molar-refractivity contribution in [1.82, 2.24) is 40.0 Å². The number of fused-ring (bicyclic) bond motifs is 2. The topological polar surface area (TPSA) is 219 Å². The fourth-order valence-corrected chi connectivity index (χ4v) is 10.6. The Morgan fingerprint density at radius 2 is 1.76 bits per heavy atom. The summed E-state index contributed by atoms with van der Waals surface area (Å²) >= 11 is 0. The van der Waals surface area contributed by atoms with E-state index in [1.165, 1.54) is 4.80 Å². The van der Waals surface area contributed by atoms with Crippen LogP contribution in [0.15, 0.2) is 36.5 Å². The second-order valence-electron chi connectivity index (χ2n) is 19.4. The van der Waals surface area contributed by atoms with Crippen LogP contribution in [0.1, 0.15) is 91.2 Å². The summed E-state index contributed by atoms with van der Waals surface area (Å²) in [7, 11) is -5.59. The molecule has 1 saturated carbocycles. The first-order valence-electron chi connectivity index (χ1n) is 22.8. The van der Waals surface area contributed by atoms with Crippen LogP contribution in [-0.2, 0) is 55.2 Å². The monoisotopic (exact) mass is 955 g/mol. The van der Waals surface area contributed by atoms with Crippen LogP contribution in [0.25, 0.3) is 23.2 Å². The van der Waals surface area contributed by atoms with Crippen LogP contribution in [0, 0.1) is 0 Å². The molecule has 1 amide bonds. The number of aliphatic hydroxyl groups excluding tert-OH is 1. The van der Waals surface area contributed by atoms with E-state index in [-0.39, 0.29) is 44.8 Å². The van der Waals surface area contributed by atoms with E-state index in [1.54, 1.807) is 49.5 Å². The van der Waals surface area contributed by atoms with E-state index in [2.05, 4.69) is 35.1 Å². The summed E-state index contributed by atoms with van der Waals surface area (Å²) < 4.78 is 66.1. The molecule has 4 aromatic rings. The Hall–Kier alpha value is -4.02. The third-order valence-corrected chi connectivity index (χ3v) is 15.6. The zero-order chi connectivity index (χ0) is 47.5. The molecule has 0 bridgehead atoms. The van der Waals surface area contributed by atoms with E-state index >= 15 is 0 Å². The lowest BCUT2D eigenvalue weighted by Crippen LogP contribution is -2.47. The van der Waals surface area contributed by atoms with Crippen molar-refractivity contribution >= 4 is 50.8 Å². The summed E-state index contributed by atoms with van der Waals surface area (Å²) in [4.78, 5) is 26.9. The number of hydrogen-bond donors (Lipinski definition) is 1. The first kappa shape index (κ1) is 49.9. The number of carbonyl (C=O) groups is 1. The second-order valence-corrected chi connectivity index (χ2v) is 27.3. The Morgan fingerprint density at radius 1 is 1.05 bits per heavy atom. The van der Waals surface area contributed by atoms with E-state index in [0.717, 1.165) is 30.9 Å². The van der Waals surface area contributed by atoms with Crippen LogP contribution in [0.5, 0.6) is 0 Å². The van der Waals surface area contributed by atoms with Crippen LogP contribution in [-0.4, -0.2) is 133 Å². The van der Waals surface area contributed by atoms with Crippen molar-refractivity contribution in [3.05, 3.63) is 53.7 Å². The lowest BCUT2D eigenvalue weighted by molar-refractivity contribution is -0.207. The zero-order valence-electron chi connectivity index (χ0n) is 39.8. The molecular weight excluding hydrogens is 890 g/mol. The fourth-order valence-electron chi connectivity index (χ4n) is 7.90. The highest BCUT2D eigenvalue weighted by Crippen LogP contribution is 2.62. The summed E-state index contributed by atoms with van der Waals surface area (Å²) in [6.45, 7) is 18.8. The van der Waals surface area contributed by atoms with Crippen molar-refractivity contribution in [2.75, 3.05) is 37.9 Å². The molecule has 3 aromatic heterocycles. The molecule has 1 unspecified atom stereocenters. The molecule has 7 rings (SSSR count). The van der Waals surface area contributed by atoms with E-state index in [0.29, 0.717) is 29.3 Å². The third-order valence-electron chi connectivity index (χ3n) is 11.3. The van der Waals surface area contributed by atoms with Gasteiger partial charge in [-0.3, -0.25) is 9.46 Å². The minimum atomic E-state index is -4.27. The minimum absolute atomic E-state index is 0.00384. The van der Waals surface area contributed by atoms with Crippen molar-refractivity contribution < 1.29 is 51.9 Å². The standard InChI is InChI=1S/C44H66N9O11PSi/c1-11-59-65(56,60-12-2)44(28-54,25-35-48-50-51(49-35)29-57-23-24-66(8,9)10)58-27-33-36-37(63-43(6,7)62-36)40(61-33)53-39-32(26-45-53)38(46-34(47-39)22-21-30-17-14-13-15-18-30)52(31-19-16-20-31)41(55)64-42(3,4)5/h13-15,17-18,21-22,26,31,33,36-37,40,54H,11-12,16,19-20,23-25,27-29H2,1-10H3/b22-21+/t33-,36-,37-,40-,44?/m1/s1. The van der Waals surface area contributed by atoms with Crippen LogP contribution in [0.2, 0.25) is 25.7 Å². The smallest absolute Gasteiger partial charge is 0.416 e. The number of aromatic nitrogens is 8. The van der Waals surface area contributed by atoms with Crippen molar-refractivity contribution in [3.63, 3.8) is 0 Å². The van der Waals surface area contributed by atoms with Crippen LogP contribution >= 0.6 is 7.60 Å². The molecule has 0 spiro atoms. The maximum atomic E-state index is 14.8. The third kappa shape index (κ3) is 11.5. The highest BCUT2D eigenvalue weighted by molar-refractivity contribution is 7.55. The summed E-state index contributed by atoms with van der Waals surface area (Å²) in [5.41, 5.74) is 0.549. The van der Waals surface area contributed by atoms with E-state index in [4.69, 9.17) is 52.5 Å².